The molecule has 1 amide bonds. The number of aromatic nitrogens is 1. The smallest absolute Gasteiger partial charge is 0.228 e. The van der Waals surface area contributed by atoms with E-state index in [-0.39, 0.29) is 5.91 Å². The number of pyridine rings is 1. The zero-order valence-corrected chi connectivity index (χ0v) is 9.53. The van der Waals surface area contributed by atoms with Crippen LogP contribution >= 0.6 is 0 Å². The quantitative estimate of drug-likeness (QED) is 0.808. The molecule has 0 radical (unpaired) electrons. The van der Waals surface area contributed by atoms with Gasteiger partial charge in [-0.25, -0.2) is 0 Å². The van der Waals surface area contributed by atoms with E-state index >= 15 is 0 Å². The first-order valence-electron chi connectivity index (χ1n) is 5.58. The van der Waals surface area contributed by atoms with Gasteiger partial charge in [0, 0.05) is 23.6 Å². The summed E-state index contributed by atoms with van der Waals surface area (Å²) in [5.74, 6) is 0.0695. The first-order valence-corrected chi connectivity index (χ1v) is 5.58. The van der Waals surface area contributed by atoms with Crippen LogP contribution in [0, 0.1) is 6.92 Å². The average Bonchev–Trinajstić information content (AvgIpc) is 2.68. The third-order valence-electron chi connectivity index (χ3n) is 3.08. The molecule has 1 aromatic carbocycles. The van der Waals surface area contributed by atoms with Crippen LogP contribution in [0.5, 0.6) is 0 Å². The lowest BCUT2D eigenvalue weighted by atomic mass is 10.00. The van der Waals surface area contributed by atoms with E-state index in [0.717, 1.165) is 22.4 Å². The van der Waals surface area contributed by atoms with Gasteiger partial charge >= 0.3 is 0 Å². The molecular weight excluding hydrogens is 212 g/mol. The van der Waals surface area contributed by atoms with Gasteiger partial charge in [0.15, 0.2) is 0 Å². The molecule has 0 aliphatic carbocycles. The lowest BCUT2D eigenvalue weighted by Gasteiger charge is -2.06. The van der Waals surface area contributed by atoms with Crippen molar-refractivity contribution < 1.29 is 4.79 Å². The Labute approximate surface area is 99.5 Å². The number of nitrogens with zero attached hydrogens (tertiary/aromatic N) is 1. The summed E-state index contributed by atoms with van der Waals surface area (Å²) in [5, 5.41) is 2.84. The molecule has 3 rings (SSSR count). The molecule has 84 valence electrons. The Bertz CT molecular complexity index is 605. The van der Waals surface area contributed by atoms with E-state index in [2.05, 4.69) is 23.3 Å². The first kappa shape index (κ1) is 10.0. The van der Waals surface area contributed by atoms with Crippen molar-refractivity contribution in [2.45, 2.75) is 13.3 Å². The van der Waals surface area contributed by atoms with Gasteiger partial charge < -0.3 is 5.32 Å². The van der Waals surface area contributed by atoms with Gasteiger partial charge in [0.2, 0.25) is 5.91 Å². The van der Waals surface area contributed by atoms with E-state index in [9.17, 15) is 4.79 Å². The Hall–Kier alpha value is -2.16. The molecule has 0 saturated carbocycles. The molecule has 1 aliphatic rings. The summed E-state index contributed by atoms with van der Waals surface area (Å²) in [6.45, 7) is 2.06. The molecule has 0 bridgehead atoms. The zero-order chi connectivity index (χ0) is 11.8. The average molecular weight is 224 g/mol. The molecule has 2 heterocycles. The van der Waals surface area contributed by atoms with Crippen LogP contribution in [0.1, 0.15) is 11.1 Å². The Morgan fingerprint density at radius 3 is 3.00 bits per heavy atom. The van der Waals surface area contributed by atoms with Gasteiger partial charge in [-0.15, -0.1) is 0 Å². The van der Waals surface area contributed by atoms with Gasteiger partial charge in [-0.2, -0.15) is 0 Å². The van der Waals surface area contributed by atoms with E-state index in [1.165, 1.54) is 5.56 Å². The maximum absolute atomic E-state index is 11.3. The largest absolute Gasteiger partial charge is 0.326 e. The second-order valence-electron chi connectivity index (χ2n) is 4.29. The van der Waals surface area contributed by atoms with E-state index in [4.69, 9.17) is 0 Å². The van der Waals surface area contributed by atoms with Crippen molar-refractivity contribution in [3.63, 3.8) is 0 Å². The van der Waals surface area contributed by atoms with Gasteiger partial charge in [0.1, 0.15) is 0 Å². The van der Waals surface area contributed by atoms with Crippen LogP contribution in [0.2, 0.25) is 0 Å². The number of rotatable bonds is 1. The Morgan fingerprint density at radius 2 is 2.18 bits per heavy atom. The lowest BCUT2D eigenvalue weighted by Crippen LogP contribution is -2.03. The number of carbonyl (C=O) groups excluding carboxylic acids is 1. The van der Waals surface area contributed by atoms with Crippen molar-refractivity contribution in [2.24, 2.45) is 0 Å². The number of hydrogen-bond donors (Lipinski definition) is 1. The first-order chi connectivity index (χ1) is 8.24. The van der Waals surface area contributed by atoms with Crippen molar-refractivity contribution in [1.82, 2.24) is 4.98 Å². The van der Waals surface area contributed by atoms with Crippen molar-refractivity contribution in [2.75, 3.05) is 5.32 Å². The highest BCUT2D eigenvalue weighted by molar-refractivity contribution is 5.99. The minimum absolute atomic E-state index is 0.0695. The third kappa shape index (κ3) is 1.69. The van der Waals surface area contributed by atoms with Crippen LogP contribution in [0.3, 0.4) is 0 Å². The molecule has 3 heteroatoms. The van der Waals surface area contributed by atoms with Crippen LogP contribution in [-0.2, 0) is 11.2 Å². The second kappa shape index (κ2) is 3.70. The molecule has 2 aromatic rings. The molecule has 0 atom stereocenters. The third-order valence-corrected chi connectivity index (χ3v) is 3.08. The highest BCUT2D eigenvalue weighted by Crippen LogP contribution is 2.29. The summed E-state index contributed by atoms with van der Waals surface area (Å²) in [7, 11) is 0. The number of benzene rings is 1. The van der Waals surface area contributed by atoms with Gasteiger partial charge in [0.05, 0.1) is 6.42 Å². The molecule has 17 heavy (non-hydrogen) atoms. The van der Waals surface area contributed by atoms with Crippen LogP contribution in [0.4, 0.5) is 5.69 Å². The Morgan fingerprint density at radius 1 is 1.29 bits per heavy atom. The van der Waals surface area contributed by atoms with Crippen molar-refractivity contribution in [3.05, 3.63) is 47.8 Å². The molecule has 0 fully saturated rings. The minimum atomic E-state index is 0.0695. The fourth-order valence-electron chi connectivity index (χ4n) is 2.16. The van der Waals surface area contributed by atoms with Crippen molar-refractivity contribution in [1.29, 1.82) is 0 Å². The Balaban J connectivity index is 2.09. The van der Waals surface area contributed by atoms with E-state index in [1.54, 1.807) is 6.20 Å². The van der Waals surface area contributed by atoms with E-state index < -0.39 is 0 Å². The van der Waals surface area contributed by atoms with Gasteiger partial charge in [-0.05, 0) is 41.8 Å². The monoisotopic (exact) mass is 224 g/mol. The normalized spacial score (nSPS) is 13.4. The van der Waals surface area contributed by atoms with Crippen molar-refractivity contribution in [3.8, 4) is 11.1 Å². The number of amides is 1. The van der Waals surface area contributed by atoms with Gasteiger partial charge in [-0.3, -0.25) is 9.78 Å². The maximum atomic E-state index is 11.3. The highest BCUT2D eigenvalue weighted by atomic mass is 16.1. The number of hydrogen-bond acceptors (Lipinski definition) is 2. The summed E-state index contributed by atoms with van der Waals surface area (Å²) < 4.78 is 0. The van der Waals surface area contributed by atoms with Crippen molar-refractivity contribution >= 4 is 11.6 Å². The summed E-state index contributed by atoms with van der Waals surface area (Å²) in [4.78, 5) is 15.4. The van der Waals surface area contributed by atoms with Crippen LogP contribution in [-0.4, -0.2) is 10.9 Å². The summed E-state index contributed by atoms with van der Waals surface area (Å²) in [6.07, 6.45) is 4.13. The molecular formula is C14H12N2O. The number of fused-ring (bicyclic) bond motifs is 1. The number of carbonyl (C=O) groups is 1. The van der Waals surface area contributed by atoms with Gasteiger partial charge in [0.25, 0.3) is 0 Å². The fourth-order valence-corrected chi connectivity index (χ4v) is 2.16. The topological polar surface area (TPSA) is 42.0 Å². The van der Waals surface area contributed by atoms with Crippen LogP contribution in [0.15, 0.2) is 36.7 Å². The van der Waals surface area contributed by atoms with Crippen LogP contribution < -0.4 is 5.32 Å². The minimum Gasteiger partial charge on any atom is -0.326 e. The van der Waals surface area contributed by atoms with Crippen LogP contribution in [0.25, 0.3) is 11.1 Å². The number of nitrogens with one attached hydrogen (secondary N) is 1. The predicted octanol–water partition coefficient (Wildman–Crippen LogP) is 2.55. The van der Waals surface area contributed by atoms with E-state index in [1.807, 2.05) is 24.4 Å². The lowest BCUT2D eigenvalue weighted by molar-refractivity contribution is -0.115. The van der Waals surface area contributed by atoms with E-state index in [0.29, 0.717) is 6.42 Å². The standard InChI is InChI=1S/C14H12N2O/c1-9-4-5-15-8-12(9)10-2-3-13-11(6-10)7-14(17)16-13/h2-6,8H,7H2,1H3,(H,16,17). The number of anilines is 1. The fraction of sp³-hybridized carbons (Fsp3) is 0.143. The second-order valence-corrected chi connectivity index (χ2v) is 4.29. The summed E-state index contributed by atoms with van der Waals surface area (Å²) >= 11 is 0. The maximum Gasteiger partial charge on any atom is 0.228 e. The Kier molecular flexibility index (Phi) is 2.18. The molecule has 1 aromatic heterocycles. The summed E-state index contributed by atoms with van der Waals surface area (Å²) in [5.41, 5.74) is 5.42. The molecule has 3 nitrogen and oxygen atoms in total. The molecule has 0 saturated heterocycles. The SMILES string of the molecule is Cc1ccncc1-c1ccc2c(c1)CC(=O)N2. The zero-order valence-electron chi connectivity index (χ0n) is 9.53. The molecule has 0 spiro atoms. The predicted molar refractivity (Wildman–Crippen MR) is 66.7 cm³/mol. The highest BCUT2D eigenvalue weighted by Gasteiger charge is 2.17. The molecule has 1 N–H and O–H groups in total. The molecule has 0 unspecified atom stereocenters. The van der Waals surface area contributed by atoms with Gasteiger partial charge in [-0.1, -0.05) is 6.07 Å². The summed E-state index contributed by atoms with van der Waals surface area (Å²) in [6, 6.07) is 8.04. The molecule has 1 aliphatic heterocycles. The number of aryl methyl sites for hydroxylation is 1.